The minimum absolute atomic E-state index is 0.183. The van der Waals surface area contributed by atoms with Gasteiger partial charge < -0.3 is 20.5 Å². The summed E-state index contributed by atoms with van der Waals surface area (Å²) in [5, 5.41) is 14.1. The molecule has 0 unspecified atom stereocenters. The van der Waals surface area contributed by atoms with Crippen molar-refractivity contribution in [1.29, 1.82) is 0 Å². The van der Waals surface area contributed by atoms with Crippen LogP contribution in [0.15, 0.2) is 30.5 Å². The van der Waals surface area contributed by atoms with Gasteiger partial charge in [0.05, 0.1) is 19.9 Å². The van der Waals surface area contributed by atoms with Crippen LogP contribution >= 0.6 is 0 Å². The third-order valence-corrected chi connectivity index (χ3v) is 4.78. The molecule has 136 valence electrons. The Labute approximate surface area is 151 Å². The monoisotopic (exact) mass is 354 g/mol. The maximum atomic E-state index is 9.40. The largest absolute Gasteiger partial charge is 0.496 e. The van der Waals surface area contributed by atoms with Crippen molar-refractivity contribution in [1.82, 2.24) is 19.7 Å². The molecule has 2 aromatic heterocycles. The van der Waals surface area contributed by atoms with E-state index in [1.165, 1.54) is 0 Å². The summed E-state index contributed by atoms with van der Waals surface area (Å²) in [5.41, 5.74) is 8.39. The zero-order valence-corrected chi connectivity index (χ0v) is 14.7. The number of anilines is 2. The predicted molar refractivity (Wildman–Crippen MR) is 99.2 cm³/mol. The second-order valence-corrected chi connectivity index (χ2v) is 6.56. The molecule has 1 saturated heterocycles. The highest BCUT2D eigenvalue weighted by atomic mass is 16.5. The molecule has 1 aliphatic heterocycles. The van der Waals surface area contributed by atoms with Crippen molar-refractivity contribution in [3.63, 3.8) is 0 Å². The van der Waals surface area contributed by atoms with Crippen molar-refractivity contribution in [2.75, 3.05) is 37.4 Å². The van der Waals surface area contributed by atoms with Crippen LogP contribution in [0.2, 0.25) is 0 Å². The maximum absolute atomic E-state index is 9.40. The van der Waals surface area contributed by atoms with Gasteiger partial charge in [0.15, 0.2) is 11.3 Å². The summed E-state index contributed by atoms with van der Waals surface area (Å²) in [6, 6.07) is 7.86. The number of aliphatic hydroxyl groups excluding tert-OH is 1. The third kappa shape index (κ3) is 3.03. The Hall–Kier alpha value is -2.87. The molecular weight excluding hydrogens is 332 g/mol. The molecule has 1 aliphatic rings. The molecule has 1 fully saturated rings. The lowest BCUT2D eigenvalue weighted by Crippen LogP contribution is -2.22. The average Bonchev–Trinajstić information content (AvgIpc) is 3.28. The van der Waals surface area contributed by atoms with Gasteiger partial charge in [-0.2, -0.15) is 10.1 Å². The van der Waals surface area contributed by atoms with Gasteiger partial charge in [-0.25, -0.2) is 4.98 Å². The lowest BCUT2D eigenvalue weighted by Gasteiger charge is -2.17. The number of nitrogens with zero attached hydrogens (tertiary/aromatic N) is 5. The molecule has 3 N–H and O–H groups in total. The van der Waals surface area contributed by atoms with E-state index in [1.54, 1.807) is 7.11 Å². The highest BCUT2D eigenvalue weighted by Crippen LogP contribution is 2.29. The van der Waals surface area contributed by atoms with Crippen LogP contribution in [0, 0.1) is 5.92 Å². The normalized spacial score (nSPS) is 17.2. The Kier molecular flexibility index (Phi) is 4.34. The summed E-state index contributed by atoms with van der Waals surface area (Å²) in [6.07, 6.45) is 2.81. The molecule has 0 bridgehead atoms. The summed E-state index contributed by atoms with van der Waals surface area (Å²) >= 11 is 0. The summed E-state index contributed by atoms with van der Waals surface area (Å²) in [7, 11) is 1.66. The van der Waals surface area contributed by atoms with E-state index in [9.17, 15) is 5.11 Å². The Morgan fingerprint density at radius 1 is 1.31 bits per heavy atom. The molecule has 0 amide bonds. The first-order valence-corrected chi connectivity index (χ1v) is 8.66. The van der Waals surface area contributed by atoms with E-state index in [0.717, 1.165) is 47.7 Å². The van der Waals surface area contributed by atoms with Crippen LogP contribution in [0.3, 0.4) is 0 Å². The van der Waals surface area contributed by atoms with Crippen molar-refractivity contribution in [2.24, 2.45) is 5.92 Å². The molecule has 1 atom stereocenters. The average molecular weight is 354 g/mol. The molecule has 3 aromatic rings. The van der Waals surface area contributed by atoms with Crippen molar-refractivity contribution < 1.29 is 9.84 Å². The molecule has 0 spiro atoms. The number of methoxy groups -OCH3 is 1. The number of para-hydroxylation sites is 1. The number of fused-ring (bicyclic) bond motifs is 1. The number of hydrogen-bond donors (Lipinski definition) is 2. The van der Waals surface area contributed by atoms with Gasteiger partial charge in [0.1, 0.15) is 11.3 Å². The fourth-order valence-corrected chi connectivity index (χ4v) is 3.45. The number of rotatable bonds is 5. The van der Waals surface area contributed by atoms with Gasteiger partial charge in [0.25, 0.3) is 0 Å². The molecule has 3 heterocycles. The first kappa shape index (κ1) is 16.6. The minimum atomic E-state index is 0.183. The van der Waals surface area contributed by atoms with Gasteiger partial charge in [0.2, 0.25) is 5.95 Å². The van der Waals surface area contributed by atoms with E-state index in [4.69, 9.17) is 15.6 Å². The molecule has 0 saturated carbocycles. The van der Waals surface area contributed by atoms with Crippen LogP contribution < -0.4 is 15.4 Å². The molecule has 8 heteroatoms. The summed E-state index contributed by atoms with van der Waals surface area (Å²) in [5.74, 6) is 2.05. The van der Waals surface area contributed by atoms with Gasteiger partial charge in [-0.1, -0.05) is 18.2 Å². The minimum Gasteiger partial charge on any atom is -0.496 e. The SMILES string of the molecule is COc1ccccc1Cn1cc2nc(N)nc(N3CC[C@@H](CO)C3)c2n1. The van der Waals surface area contributed by atoms with Gasteiger partial charge in [-0.15, -0.1) is 0 Å². The van der Waals surface area contributed by atoms with Crippen LogP contribution in [0.1, 0.15) is 12.0 Å². The molecule has 26 heavy (non-hydrogen) atoms. The molecule has 8 nitrogen and oxygen atoms in total. The molecular formula is C18H22N6O2. The third-order valence-electron chi connectivity index (χ3n) is 4.78. The topological polar surface area (TPSA) is 102 Å². The number of nitrogen functional groups attached to an aromatic ring is 1. The lowest BCUT2D eigenvalue weighted by molar-refractivity contribution is 0.238. The summed E-state index contributed by atoms with van der Waals surface area (Å²) in [4.78, 5) is 10.9. The van der Waals surface area contributed by atoms with E-state index >= 15 is 0 Å². The Morgan fingerprint density at radius 3 is 2.92 bits per heavy atom. The molecule has 0 radical (unpaired) electrons. The summed E-state index contributed by atoms with van der Waals surface area (Å²) in [6.45, 7) is 2.33. The Balaban J connectivity index is 1.70. The Bertz CT molecular complexity index is 925. The number of ether oxygens (including phenoxy) is 1. The zero-order valence-electron chi connectivity index (χ0n) is 14.7. The molecule has 4 rings (SSSR count). The van der Waals surface area contributed by atoms with E-state index in [-0.39, 0.29) is 18.5 Å². The van der Waals surface area contributed by atoms with Gasteiger partial charge >= 0.3 is 0 Å². The number of aliphatic hydroxyl groups is 1. The van der Waals surface area contributed by atoms with Gasteiger partial charge in [-0.05, 0) is 12.5 Å². The number of nitrogens with two attached hydrogens (primary N) is 1. The zero-order chi connectivity index (χ0) is 18.1. The first-order chi connectivity index (χ1) is 12.7. The number of aromatic nitrogens is 4. The second kappa shape index (κ2) is 6.80. The Morgan fingerprint density at radius 2 is 2.15 bits per heavy atom. The van der Waals surface area contributed by atoms with Crippen LogP contribution in [0.5, 0.6) is 5.75 Å². The van der Waals surface area contributed by atoms with Crippen LogP contribution in [0.4, 0.5) is 11.8 Å². The molecule has 0 aliphatic carbocycles. The standard InChI is InChI=1S/C18H22N6O2/c1-26-15-5-3-2-4-13(15)9-24-10-14-16(22-24)17(21-18(19)20-14)23-7-6-12(8-23)11-25/h2-5,10,12,25H,6-9,11H2,1H3,(H2,19,20)/t12-/m1/s1. The van der Waals surface area contributed by atoms with E-state index < -0.39 is 0 Å². The van der Waals surface area contributed by atoms with Crippen molar-refractivity contribution in [2.45, 2.75) is 13.0 Å². The second-order valence-electron chi connectivity index (χ2n) is 6.56. The van der Waals surface area contributed by atoms with Crippen molar-refractivity contribution >= 4 is 22.8 Å². The van der Waals surface area contributed by atoms with Crippen LogP contribution in [-0.2, 0) is 6.54 Å². The van der Waals surface area contributed by atoms with Gasteiger partial charge in [-0.3, -0.25) is 4.68 Å². The highest BCUT2D eigenvalue weighted by Gasteiger charge is 2.26. The van der Waals surface area contributed by atoms with E-state index in [0.29, 0.717) is 6.54 Å². The predicted octanol–water partition coefficient (Wildman–Crippen LogP) is 1.28. The number of hydrogen-bond acceptors (Lipinski definition) is 7. The van der Waals surface area contributed by atoms with E-state index in [2.05, 4.69) is 14.9 Å². The smallest absolute Gasteiger partial charge is 0.222 e. The quantitative estimate of drug-likeness (QED) is 0.711. The summed E-state index contributed by atoms with van der Waals surface area (Å²) < 4.78 is 7.25. The van der Waals surface area contributed by atoms with Gasteiger partial charge in [0, 0.05) is 31.2 Å². The fraction of sp³-hybridized carbons (Fsp3) is 0.389. The molecule has 1 aromatic carbocycles. The maximum Gasteiger partial charge on any atom is 0.222 e. The highest BCUT2D eigenvalue weighted by molar-refractivity contribution is 5.86. The van der Waals surface area contributed by atoms with E-state index in [1.807, 2.05) is 35.1 Å². The fourth-order valence-electron chi connectivity index (χ4n) is 3.45. The van der Waals surface area contributed by atoms with Crippen molar-refractivity contribution in [3.8, 4) is 5.75 Å². The first-order valence-electron chi connectivity index (χ1n) is 8.66. The number of benzene rings is 1. The lowest BCUT2D eigenvalue weighted by atomic mass is 10.1. The van der Waals surface area contributed by atoms with Crippen LogP contribution in [0.25, 0.3) is 11.0 Å². The van der Waals surface area contributed by atoms with Crippen LogP contribution in [-0.4, -0.2) is 51.7 Å². The van der Waals surface area contributed by atoms with Crippen molar-refractivity contribution in [3.05, 3.63) is 36.0 Å².